The fourth-order valence-electron chi connectivity index (χ4n) is 5.00. The summed E-state index contributed by atoms with van der Waals surface area (Å²) < 4.78 is 0. The summed E-state index contributed by atoms with van der Waals surface area (Å²) >= 11 is 0. The summed E-state index contributed by atoms with van der Waals surface area (Å²) in [6.45, 7) is 1.06. The molecule has 5 rings (SSSR count). The van der Waals surface area contributed by atoms with E-state index in [0.717, 1.165) is 18.9 Å². The molecule has 0 aromatic heterocycles. The summed E-state index contributed by atoms with van der Waals surface area (Å²) in [6, 6.07) is 32.8. The second-order valence-electron chi connectivity index (χ2n) is 8.25. The van der Waals surface area contributed by atoms with E-state index in [1.165, 1.54) is 36.0 Å². The van der Waals surface area contributed by atoms with Gasteiger partial charge in [-0.3, -0.25) is 4.84 Å². The van der Waals surface area contributed by atoms with Crippen molar-refractivity contribution in [3.63, 3.8) is 0 Å². The highest BCUT2D eigenvalue weighted by Gasteiger charge is 2.45. The summed E-state index contributed by atoms with van der Waals surface area (Å²) in [6.07, 6.45) is 4.71. The molecule has 0 radical (unpaired) electrons. The molecule has 2 heteroatoms. The molecule has 2 atom stereocenters. The molecular weight excluding hydrogens is 342 g/mol. The topological polar surface area (TPSA) is 12.5 Å². The Morgan fingerprint density at radius 2 is 1.32 bits per heavy atom. The standard InChI is InChI=1S/C26H27NO/c1-4-10-21(11-5-1)19-26(23-12-6-2-7-13-23,24-14-8-3-9-15-24)28-27-20-22-16-17-25(27)18-22/h1-15,22,25H,16-20H2. The first-order chi connectivity index (χ1) is 13.8. The van der Waals surface area contributed by atoms with E-state index in [2.05, 4.69) is 96.1 Å². The molecule has 1 heterocycles. The average Bonchev–Trinajstić information content (AvgIpc) is 3.38. The van der Waals surface area contributed by atoms with Gasteiger partial charge in [0.1, 0.15) is 5.60 Å². The van der Waals surface area contributed by atoms with Gasteiger partial charge in [0, 0.05) is 19.0 Å². The minimum Gasteiger partial charge on any atom is -0.282 e. The number of hydrogen-bond donors (Lipinski definition) is 0. The average molecular weight is 370 g/mol. The van der Waals surface area contributed by atoms with Crippen LogP contribution in [-0.4, -0.2) is 17.6 Å². The summed E-state index contributed by atoms with van der Waals surface area (Å²) in [7, 11) is 0. The Kier molecular flexibility index (Phi) is 4.76. The van der Waals surface area contributed by atoms with E-state index in [1.807, 2.05) is 0 Å². The second kappa shape index (κ2) is 7.54. The molecule has 28 heavy (non-hydrogen) atoms. The Bertz CT molecular complexity index is 854. The number of fused-ring (bicyclic) bond motifs is 2. The van der Waals surface area contributed by atoms with Crippen molar-refractivity contribution in [1.29, 1.82) is 0 Å². The van der Waals surface area contributed by atoms with Gasteiger partial charge >= 0.3 is 0 Å². The Morgan fingerprint density at radius 3 is 1.82 bits per heavy atom. The lowest BCUT2D eigenvalue weighted by Gasteiger charge is -2.40. The lowest BCUT2D eigenvalue weighted by atomic mass is 9.81. The van der Waals surface area contributed by atoms with Crippen molar-refractivity contribution in [3.05, 3.63) is 108 Å². The van der Waals surface area contributed by atoms with Crippen molar-refractivity contribution < 1.29 is 4.84 Å². The summed E-state index contributed by atoms with van der Waals surface area (Å²) in [5.41, 5.74) is 3.20. The Hall–Kier alpha value is -2.42. The van der Waals surface area contributed by atoms with E-state index < -0.39 is 5.60 Å². The first kappa shape index (κ1) is 17.7. The van der Waals surface area contributed by atoms with Crippen molar-refractivity contribution in [3.8, 4) is 0 Å². The van der Waals surface area contributed by atoms with Gasteiger partial charge in [0.2, 0.25) is 0 Å². The molecule has 2 bridgehead atoms. The van der Waals surface area contributed by atoms with Gasteiger partial charge in [0.05, 0.1) is 0 Å². The minimum absolute atomic E-state index is 0.519. The lowest BCUT2D eigenvalue weighted by molar-refractivity contribution is -0.251. The van der Waals surface area contributed by atoms with Crippen LogP contribution in [0.4, 0.5) is 0 Å². The van der Waals surface area contributed by atoms with Crippen LogP contribution in [0.2, 0.25) is 0 Å². The number of benzene rings is 3. The van der Waals surface area contributed by atoms with Gasteiger partial charge in [0.15, 0.2) is 0 Å². The summed E-state index contributed by atoms with van der Waals surface area (Å²) in [5.74, 6) is 0.797. The molecule has 1 saturated carbocycles. The molecule has 3 aromatic carbocycles. The van der Waals surface area contributed by atoms with E-state index in [9.17, 15) is 0 Å². The van der Waals surface area contributed by atoms with Gasteiger partial charge in [-0.05, 0) is 41.9 Å². The lowest BCUT2D eigenvalue weighted by Crippen LogP contribution is -2.44. The van der Waals surface area contributed by atoms with Crippen molar-refractivity contribution in [1.82, 2.24) is 5.06 Å². The zero-order valence-corrected chi connectivity index (χ0v) is 16.2. The maximum atomic E-state index is 7.04. The molecule has 1 saturated heterocycles. The minimum atomic E-state index is -0.519. The van der Waals surface area contributed by atoms with Crippen LogP contribution in [0.5, 0.6) is 0 Å². The molecule has 0 amide bonds. The maximum Gasteiger partial charge on any atom is 0.144 e. The van der Waals surface area contributed by atoms with E-state index in [1.54, 1.807) is 0 Å². The molecule has 3 aromatic rings. The maximum absolute atomic E-state index is 7.04. The zero-order chi connectivity index (χ0) is 18.8. The van der Waals surface area contributed by atoms with Crippen molar-refractivity contribution in [2.24, 2.45) is 5.92 Å². The third-order valence-electron chi connectivity index (χ3n) is 6.41. The van der Waals surface area contributed by atoms with Crippen molar-refractivity contribution in [2.45, 2.75) is 37.3 Å². The molecule has 2 fully saturated rings. The van der Waals surface area contributed by atoms with Crippen LogP contribution < -0.4 is 0 Å². The van der Waals surface area contributed by atoms with Crippen LogP contribution in [0.1, 0.15) is 36.0 Å². The number of piperidine rings is 1. The molecule has 0 N–H and O–H groups in total. The quantitative estimate of drug-likeness (QED) is 0.562. The van der Waals surface area contributed by atoms with Crippen molar-refractivity contribution >= 4 is 0 Å². The Morgan fingerprint density at radius 1 is 0.750 bits per heavy atom. The Labute approximate surface area is 167 Å². The number of hydroxylamine groups is 2. The SMILES string of the molecule is c1ccc(CC(ON2CC3CCC2C3)(c2ccccc2)c2ccccc2)cc1. The van der Waals surface area contributed by atoms with Gasteiger partial charge in [-0.2, -0.15) is 5.06 Å². The highest BCUT2D eigenvalue weighted by Crippen LogP contribution is 2.44. The first-order valence-corrected chi connectivity index (χ1v) is 10.4. The van der Waals surface area contributed by atoms with Crippen LogP contribution in [0.15, 0.2) is 91.0 Å². The molecule has 2 unspecified atom stereocenters. The molecule has 1 aliphatic heterocycles. The highest BCUT2D eigenvalue weighted by atomic mass is 16.7. The molecule has 0 spiro atoms. The summed E-state index contributed by atoms with van der Waals surface area (Å²) in [4.78, 5) is 7.04. The smallest absolute Gasteiger partial charge is 0.144 e. The van der Waals surface area contributed by atoms with Crippen molar-refractivity contribution in [2.75, 3.05) is 6.54 Å². The van der Waals surface area contributed by atoms with Gasteiger partial charge in [-0.15, -0.1) is 0 Å². The first-order valence-electron chi connectivity index (χ1n) is 10.4. The third kappa shape index (κ3) is 3.28. The van der Waals surface area contributed by atoms with Crippen LogP contribution in [0.25, 0.3) is 0 Å². The largest absolute Gasteiger partial charge is 0.282 e. The van der Waals surface area contributed by atoms with Crippen LogP contribution in [-0.2, 0) is 16.9 Å². The third-order valence-corrected chi connectivity index (χ3v) is 6.41. The Balaban J connectivity index is 1.62. The molecular formula is C26H27NO. The van der Waals surface area contributed by atoms with Gasteiger partial charge in [-0.25, -0.2) is 0 Å². The highest BCUT2D eigenvalue weighted by molar-refractivity contribution is 5.39. The fraction of sp³-hybridized carbons (Fsp3) is 0.308. The van der Waals surface area contributed by atoms with E-state index >= 15 is 0 Å². The predicted molar refractivity (Wildman–Crippen MR) is 113 cm³/mol. The van der Waals surface area contributed by atoms with Crippen LogP contribution >= 0.6 is 0 Å². The monoisotopic (exact) mass is 369 g/mol. The molecule has 142 valence electrons. The van der Waals surface area contributed by atoms with Crippen LogP contribution in [0, 0.1) is 5.92 Å². The molecule has 1 aliphatic carbocycles. The van der Waals surface area contributed by atoms with E-state index in [-0.39, 0.29) is 0 Å². The van der Waals surface area contributed by atoms with Gasteiger partial charge in [0.25, 0.3) is 0 Å². The predicted octanol–water partition coefficient (Wildman–Crippen LogP) is 5.59. The summed E-state index contributed by atoms with van der Waals surface area (Å²) in [5, 5.41) is 2.30. The molecule has 2 aliphatic rings. The van der Waals surface area contributed by atoms with Gasteiger partial charge in [-0.1, -0.05) is 91.0 Å². The zero-order valence-electron chi connectivity index (χ0n) is 16.2. The fourth-order valence-corrected chi connectivity index (χ4v) is 5.00. The molecule has 2 nitrogen and oxygen atoms in total. The number of hydrogen-bond acceptors (Lipinski definition) is 2. The normalized spacial score (nSPS) is 21.9. The second-order valence-corrected chi connectivity index (χ2v) is 8.25. The van der Waals surface area contributed by atoms with E-state index in [0.29, 0.717) is 6.04 Å². The number of rotatable bonds is 6. The van der Waals surface area contributed by atoms with Gasteiger partial charge < -0.3 is 0 Å². The van der Waals surface area contributed by atoms with Crippen LogP contribution in [0.3, 0.4) is 0 Å². The number of nitrogens with zero attached hydrogens (tertiary/aromatic N) is 1. The van der Waals surface area contributed by atoms with E-state index in [4.69, 9.17) is 4.84 Å².